The molecule has 0 aliphatic carbocycles. The third-order valence-electron chi connectivity index (χ3n) is 3.58. The number of nitrogens with one attached hydrogen (secondary N) is 1. The van der Waals surface area contributed by atoms with E-state index in [1.54, 1.807) is 11.3 Å². The third-order valence-corrected chi connectivity index (χ3v) is 4.69. The average molecular weight is 459 g/mol. The molecule has 7 heteroatoms. The molecule has 130 valence electrons. The number of rotatable bonds is 4. The Hall–Kier alpha value is -1.48. The molecular formula is C17H22IN3O2S. The number of hydrogen-bond acceptors (Lipinski definition) is 4. The van der Waals surface area contributed by atoms with Gasteiger partial charge in [-0.3, -0.25) is 4.99 Å². The van der Waals surface area contributed by atoms with Crippen LogP contribution in [-0.2, 0) is 0 Å². The molecular weight excluding hydrogens is 437 g/mol. The van der Waals surface area contributed by atoms with Crippen molar-refractivity contribution in [2.45, 2.75) is 19.3 Å². The first-order valence-electron chi connectivity index (χ1n) is 7.72. The van der Waals surface area contributed by atoms with Gasteiger partial charge >= 0.3 is 0 Å². The molecule has 3 N–H and O–H groups in total. The molecule has 1 aromatic heterocycles. The Morgan fingerprint density at radius 3 is 2.83 bits per heavy atom. The molecule has 1 aromatic carbocycles. The zero-order valence-corrected chi connectivity index (χ0v) is 16.7. The number of anilines is 1. The molecule has 0 spiro atoms. The number of halogens is 1. The van der Waals surface area contributed by atoms with Crippen molar-refractivity contribution >= 4 is 47.0 Å². The predicted octanol–water partition coefficient (Wildman–Crippen LogP) is 4.06. The van der Waals surface area contributed by atoms with Gasteiger partial charge in [0, 0.05) is 29.0 Å². The second-order valence-electron chi connectivity index (χ2n) is 5.48. The molecule has 0 radical (unpaired) electrons. The number of nitrogens with zero attached hydrogens (tertiary/aromatic N) is 1. The van der Waals surface area contributed by atoms with Crippen LogP contribution in [0.4, 0.5) is 5.69 Å². The molecule has 24 heavy (non-hydrogen) atoms. The van der Waals surface area contributed by atoms with E-state index in [1.807, 2.05) is 18.2 Å². The van der Waals surface area contributed by atoms with Gasteiger partial charge in [-0.25, -0.2) is 0 Å². The fourth-order valence-electron chi connectivity index (χ4n) is 2.33. The van der Waals surface area contributed by atoms with Gasteiger partial charge in [-0.1, -0.05) is 13.0 Å². The van der Waals surface area contributed by atoms with Crippen molar-refractivity contribution in [3.8, 4) is 11.5 Å². The first-order chi connectivity index (χ1) is 11.2. The number of nitrogens with two attached hydrogens (primary N) is 1. The van der Waals surface area contributed by atoms with E-state index in [4.69, 9.17) is 15.2 Å². The van der Waals surface area contributed by atoms with Crippen molar-refractivity contribution in [1.82, 2.24) is 0 Å². The summed E-state index contributed by atoms with van der Waals surface area (Å²) in [6.45, 7) is 4.16. The Labute approximate surface area is 163 Å². The Morgan fingerprint density at radius 2 is 2.08 bits per heavy atom. The van der Waals surface area contributed by atoms with Gasteiger partial charge in [0.1, 0.15) is 0 Å². The molecule has 1 atom stereocenters. The summed E-state index contributed by atoms with van der Waals surface area (Å²) in [7, 11) is 0. The lowest BCUT2D eigenvalue weighted by atomic mass is 10.1. The quantitative estimate of drug-likeness (QED) is 0.411. The maximum absolute atomic E-state index is 5.98. The first-order valence-corrected chi connectivity index (χ1v) is 8.60. The predicted molar refractivity (Wildman–Crippen MR) is 110 cm³/mol. The summed E-state index contributed by atoms with van der Waals surface area (Å²) in [4.78, 5) is 5.74. The van der Waals surface area contributed by atoms with E-state index in [-0.39, 0.29) is 24.0 Å². The smallest absolute Gasteiger partial charge is 0.193 e. The first kappa shape index (κ1) is 18.9. The lowest BCUT2D eigenvalue weighted by Gasteiger charge is -2.11. The molecule has 1 aliphatic heterocycles. The molecule has 0 fully saturated rings. The molecule has 1 unspecified atom stereocenters. The average Bonchev–Trinajstić information content (AvgIpc) is 2.99. The molecule has 0 saturated carbocycles. The van der Waals surface area contributed by atoms with Gasteiger partial charge in [0.05, 0.1) is 19.8 Å². The van der Waals surface area contributed by atoms with Crippen LogP contribution in [0.5, 0.6) is 11.5 Å². The normalized spacial score (nSPS) is 15.1. The summed E-state index contributed by atoms with van der Waals surface area (Å²) in [5, 5.41) is 5.19. The van der Waals surface area contributed by atoms with E-state index < -0.39 is 0 Å². The van der Waals surface area contributed by atoms with E-state index in [9.17, 15) is 0 Å². The number of thiophene rings is 1. The Balaban J connectivity index is 0.00000208. The van der Waals surface area contributed by atoms with E-state index >= 15 is 0 Å². The SMILES string of the molecule is CC(CN=C(N)Nc1ccc2c(c1)OCCCO2)c1cccs1.I. The lowest BCUT2D eigenvalue weighted by Crippen LogP contribution is -2.23. The van der Waals surface area contributed by atoms with Crippen LogP contribution in [0.15, 0.2) is 40.7 Å². The number of guanidine groups is 1. The molecule has 0 saturated heterocycles. The summed E-state index contributed by atoms with van der Waals surface area (Å²) in [6, 6.07) is 9.88. The highest BCUT2D eigenvalue weighted by Gasteiger charge is 2.11. The van der Waals surface area contributed by atoms with Crippen LogP contribution >= 0.6 is 35.3 Å². The highest BCUT2D eigenvalue weighted by Crippen LogP contribution is 2.32. The summed E-state index contributed by atoms with van der Waals surface area (Å²) in [5.74, 6) is 2.28. The zero-order chi connectivity index (χ0) is 16.1. The van der Waals surface area contributed by atoms with Crippen molar-refractivity contribution in [3.05, 3.63) is 40.6 Å². The Kier molecular flexibility index (Phi) is 7.16. The van der Waals surface area contributed by atoms with Crippen molar-refractivity contribution in [3.63, 3.8) is 0 Å². The van der Waals surface area contributed by atoms with Gasteiger partial charge < -0.3 is 20.5 Å². The zero-order valence-electron chi connectivity index (χ0n) is 13.5. The number of aliphatic imine (C=N–C) groups is 1. The van der Waals surface area contributed by atoms with Crippen LogP contribution in [0, 0.1) is 0 Å². The summed E-state index contributed by atoms with van der Waals surface area (Å²) in [5.41, 5.74) is 6.83. The Bertz CT molecular complexity index is 676. The van der Waals surface area contributed by atoms with Gasteiger partial charge in [0.15, 0.2) is 17.5 Å². The van der Waals surface area contributed by atoms with E-state index in [0.29, 0.717) is 31.6 Å². The van der Waals surface area contributed by atoms with Crippen LogP contribution in [0.2, 0.25) is 0 Å². The molecule has 1 aliphatic rings. The van der Waals surface area contributed by atoms with Crippen LogP contribution in [0.25, 0.3) is 0 Å². The lowest BCUT2D eigenvalue weighted by molar-refractivity contribution is 0.297. The largest absolute Gasteiger partial charge is 0.490 e. The van der Waals surface area contributed by atoms with Crippen LogP contribution in [0.1, 0.15) is 24.1 Å². The highest BCUT2D eigenvalue weighted by atomic mass is 127. The monoisotopic (exact) mass is 459 g/mol. The fraction of sp³-hybridized carbons (Fsp3) is 0.353. The minimum atomic E-state index is 0. The van der Waals surface area contributed by atoms with Crippen LogP contribution in [0.3, 0.4) is 0 Å². The van der Waals surface area contributed by atoms with E-state index in [2.05, 4.69) is 34.7 Å². The molecule has 2 heterocycles. The highest BCUT2D eigenvalue weighted by molar-refractivity contribution is 14.0. The summed E-state index contributed by atoms with van der Waals surface area (Å²) in [6.07, 6.45) is 0.891. The van der Waals surface area contributed by atoms with Crippen molar-refractivity contribution in [2.75, 3.05) is 25.1 Å². The van der Waals surface area contributed by atoms with E-state index in [1.165, 1.54) is 4.88 Å². The summed E-state index contributed by atoms with van der Waals surface area (Å²) < 4.78 is 11.3. The fourth-order valence-corrected chi connectivity index (χ4v) is 3.10. The van der Waals surface area contributed by atoms with Gasteiger partial charge in [-0.2, -0.15) is 0 Å². The maximum Gasteiger partial charge on any atom is 0.193 e. The molecule has 3 rings (SSSR count). The van der Waals surface area contributed by atoms with Crippen molar-refractivity contribution < 1.29 is 9.47 Å². The second-order valence-corrected chi connectivity index (χ2v) is 6.46. The number of fused-ring (bicyclic) bond motifs is 1. The van der Waals surface area contributed by atoms with Gasteiger partial charge in [-0.05, 0) is 23.6 Å². The summed E-state index contributed by atoms with van der Waals surface area (Å²) >= 11 is 1.74. The van der Waals surface area contributed by atoms with Crippen LogP contribution in [-0.4, -0.2) is 25.7 Å². The second kappa shape index (κ2) is 9.12. The Morgan fingerprint density at radius 1 is 1.29 bits per heavy atom. The third kappa shape index (κ3) is 5.01. The van der Waals surface area contributed by atoms with Crippen molar-refractivity contribution in [2.24, 2.45) is 10.7 Å². The maximum atomic E-state index is 5.98. The molecule has 0 bridgehead atoms. The minimum Gasteiger partial charge on any atom is -0.490 e. The van der Waals surface area contributed by atoms with Crippen LogP contribution < -0.4 is 20.5 Å². The molecule has 0 amide bonds. The number of hydrogen-bond donors (Lipinski definition) is 2. The van der Waals surface area contributed by atoms with Gasteiger partial charge in [0.2, 0.25) is 0 Å². The van der Waals surface area contributed by atoms with Crippen molar-refractivity contribution in [1.29, 1.82) is 0 Å². The van der Waals surface area contributed by atoms with Gasteiger partial charge in [0.25, 0.3) is 0 Å². The molecule has 2 aromatic rings. The standard InChI is InChI=1S/C17H21N3O2S.HI/c1-12(16-4-2-9-23-16)11-19-17(18)20-13-5-6-14-15(10-13)22-8-3-7-21-14;/h2,4-6,9-10,12H,3,7-8,11H2,1H3,(H3,18,19,20);1H. The number of ether oxygens (including phenoxy) is 2. The molecule has 5 nitrogen and oxygen atoms in total. The van der Waals surface area contributed by atoms with Gasteiger partial charge in [-0.15, -0.1) is 35.3 Å². The van der Waals surface area contributed by atoms with E-state index in [0.717, 1.165) is 23.6 Å². The number of benzene rings is 1. The minimum absolute atomic E-state index is 0. The topological polar surface area (TPSA) is 68.9 Å².